The van der Waals surface area contributed by atoms with Crippen molar-refractivity contribution in [2.45, 2.75) is 26.3 Å². The number of aromatic nitrogens is 2. The SMILES string of the molecule is CCOc1ccc(C2Cc3nc(N)nc(C)c3C(=O)N2)c(Br)c1. The molecule has 1 aromatic heterocycles. The monoisotopic (exact) mass is 376 g/mol. The van der Waals surface area contributed by atoms with Gasteiger partial charge in [-0.3, -0.25) is 4.79 Å². The quantitative estimate of drug-likeness (QED) is 0.858. The minimum Gasteiger partial charge on any atom is -0.494 e. The Morgan fingerprint density at radius 1 is 1.43 bits per heavy atom. The summed E-state index contributed by atoms with van der Waals surface area (Å²) < 4.78 is 6.37. The lowest BCUT2D eigenvalue weighted by molar-refractivity contribution is 0.0922. The molecule has 1 aliphatic heterocycles. The van der Waals surface area contributed by atoms with E-state index in [1.165, 1.54) is 0 Å². The van der Waals surface area contributed by atoms with E-state index < -0.39 is 0 Å². The Hall–Kier alpha value is -2.15. The van der Waals surface area contributed by atoms with Gasteiger partial charge in [-0.25, -0.2) is 9.97 Å². The molecule has 120 valence electrons. The lowest BCUT2D eigenvalue weighted by Gasteiger charge is -2.27. The second-order valence-corrected chi connectivity index (χ2v) is 6.19. The summed E-state index contributed by atoms with van der Waals surface area (Å²) in [4.78, 5) is 20.7. The van der Waals surface area contributed by atoms with Gasteiger partial charge < -0.3 is 15.8 Å². The van der Waals surface area contributed by atoms with Crippen LogP contribution < -0.4 is 15.8 Å². The number of rotatable bonds is 3. The third-order valence-electron chi connectivity index (χ3n) is 3.77. The van der Waals surface area contributed by atoms with Crippen molar-refractivity contribution in [2.24, 2.45) is 0 Å². The second kappa shape index (κ2) is 6.16. The number of nitrogens with two attached hydrogens (primary N) is 1. The van der Waals surface area contributed by atoms with Gasteiger partial charge >= 0.3 is 0 Å². The second-order valence-electron chi connectivity index (χ2n) is 5.34. The van der Waals surface area contributed by atoms with E-state index in [0.717, 1.165) is 15.8 Å². The van der Waals surface area contributed by atoms with E-state index in [1.54, 1.807) is 6.92 Å². The lowest BCUT2D eigenvalue weighted by atomic mass is 9.94. The minimum absolute atomic E-state index is 0.172. The van der Waals surface area contributed by atoms with Gasteiger partial charge in [0, 0.05) is 10.9 Å². The highest BCUT2D eigenvalue weighted by atomic mass is 79.9. The number of carbonyl (C=O) groups is 1. The number of nitrogen functional groups attached to an aromatic ring is 1. The van der Waals surface area contributed by atoms with Gasteiger partial charge in [0.05, 0.1) is 29.6 Å². The molecule has 2 heterocycles. The molecule has 7 heteroatoms. The molecule has 0 radical (unpaired) electrons. The zero-order valence-electron chi connectivity index (χ0n) is 12.9. The fourth-order valence-corrected chi connectivity index (χ4v) is 3.44. The van der Waals surface area contributed by atoms with Gasteiger partial charge in [-0.15, -0.1) is 0 Å². The molecule has 23 heavy (non-hydrogen) atoms. The van der Waals surface area contributed by atoms with Crippen LogP contribution in [0.5, 0.6) is 5.75 Å². The van der Waals surface area contributed by atoms with E-state index in [2.05, 4.69) is 31.2 Å². The summed E-state index contributed by atoms with van der Waals surface area (Å²) >= 11 is 3.55. The van der Waals surface area contributed by atoms with Crippen LogP contribution in [0.2, 0.25) is 0 Å². The standard InChI is InChI=1S/C16H17BrN4O2/c1-3-23-9-4-5-10(11(17)6-9)12-7-13-14(15(22)20-12)8(2)19-16(18)21-13/h4-6,12H,3,7H2,1-2H3,(H,20,22)(H2,18,19,21). The predicted molar refractivity (Wildman–Crippen MR) is 90.4 cm³/mol. The molecule has 0 saturated heterocycles. The third-order valence-corrected chi connectivity index (χ3v) is 4.46. The molecule has 0 spiro atoms. The Kier molecular flexibility index (Phi) is 4.21. The highest BCUT2D eigenvalue weighted by Crippen LogP contribution is 2.32. The number of carbonyl (C=O) groups excluding carboxylic acids is 1. The molecular formula is C16H17BrN4O2. The Balaban J connectivity index is 1.96. The van der Waals surface area contributed by atoms with Gasteiger partial charge in [-0.1, -0.05) is 22.0 Å². The predicted octanol–water partition coefficient (Wildman–Crippen LogP) is 2.56. The van der Waals surface area contributed by atoms with Crippen molar-refractivity contribution in [1.82, 2.24) is 15.3 Å². The number of halogens is 1. The van der Waals surface area contributed by atoms with Crippen LogP contribution in [0.1, 0.15) is 40.3 Å². The Bertz CT molecular complexity index is 779. The van der Waals surface area contributed by atoms with Crippen molar-refractivity contribution in [2.75, 3.05) is 12.3 Å². The van der Waals surface area contributed by atoms with Crippen LogP contribution in [0.25, 0.3) is 0 Å². The third kappa shape index (κ3) is 3.01. The van der Waals surface area contributed by atoms with Crippen molar-refractivity contribution in [3.63, 3.8) is 0 Å². The van der Waals surface area contributed by atoms with Crippen molar-refractivity contribution in [1.29, 1.82) is 0 Å². The highest BCUT2D eigenvalue weighted by Gasteiger charge is 2.30. The number of hydrogen-bond acceptors (Lipinski definition) is 5. The van der Waals surface area contributed by atoms with E-state index >= 15 is 0 Å². The smallest absolute Gasteiger partial charge is 0.255 e. The van der Waals surface area contributed by atoms with Gasteiger partial charge in [0.15, 0.2) is 0 Å². The number of ether oxygens (including phenoxy) is 1. The first kappa shape index (κ1) is 15.7. The fraction of sp³-hybridized carbons (Fsp3) is 0.312. The molecule has 0 saturated carbocycles. The van der Waals surface area contributed by atoms with Gasteiger partial charge in [0.25, 0.3) is 5.91 Å². The Morgan fingerprint density at radius 2 is 2.22 bits per heavy atom. The van der Waals surface area contributed by atoms with Crippen molar-refractivity contribution in [3.05, 3.63) is 45.2 Å². The van der Waals surface area contributed by atoms with Crippen LogP contribution in [0.4, 0.5) is 5.95 Å². The molecule has 1 aliphatic rings. The topological polar surface area (TPSA) is 90.1 Å². The molecule has 1 aromatic carbocycles. The lowest BCUT2D eigenvalue weighted by Crippen LogP contribution is -2.37. The zero-order valence-corrected chi connectivity index (χ0v) is 14.5. The average Bonchev–Trinajstić information content (AvgIpc) is 2.46. The Labute approximate surface area is 142 Å². The van der Waals surface area contributed by atoms with Crippen LogP contribution in [0.15, 0.2) is 22.7 Å². The van der Waals surface area contributed by atoms with Crippen LogP contribution in [0.3, 0.4) is 0 Å². The minimum atomic E-state index is -0.172. The van der Waals surface area contributed by atoms with E-state index in [0.29, 0.717) is 30.0 Å². The Morgan fingerprint density at radius 3 is 2.91 bits per heavy atom. The van der Waals surface area contributed by atoms with E-state index in [9.17, 15) is 4.79 Å². The molecular weight excluding hydrogens is 360 g/mol. The molecule has 3 N–H and O–H groups in total. The first-order valence-electron chi connectivity index (χ1n) is 7.35. The van der Waals surface area contributed by atoms with E-state index in [4.69, 9.17) is 10.5 Å². The first-order valence-corrected chi connectivity index (χ1v) is 8.15. The number of aryl methyl sites for hydroxylation is 1. The van der Waals surface area contributed by atoms with Crippen molar-refractivity contribution in [3.8, 4) is 5.75 Å². The molecule has 1 atom stereocenters. The van der Waals surface area contributed by atoms with Gasteiger partial charge in [0.1, 0.15) is 5.75 Å². The molecule has 6 nitrogen and oxygen atoms in total. The number of amides is 1. The van der Waals surface area contributed by atoms with Gasteiger partial charge in [0.2, 0.25) is 5.95 Å². The highest BCUT2D eigenvalue weighted by molar-refractivity contribution is 9.10. The number of fused-ring (bicyclic) bond motifs is 1. The summed E-state index contributed by atoms with van der Waals surface area (Å²) in [6, 6.07) is 5.57. The molecule has 1 amide bonds. The molecule has 0 aliphatic carbocycles. The average molecular weight is 377 g/mol. The van der Waals surface area contributed by atoms with E-state index in [-0.39, 0.29) is 17.9 Å². The summed E-state index contributed by atoms with van der Waals surface area (Å²) in [7, 11) is 0. The largest absolute Gasteiger partial charge is 0.494 e. The first-order chi connectivity index (χ1) is 11.0. The maximum absolute atomic E-state index is 12.4. The van der Waals surface area contributed by atoms with Gasteiger partial charge in [-0.05, 0) is 31.5 Å². The molecule has 0 bridgehead atoms. The molecule has 1 unspecified atom stereocenters. The molecule has 2 aromatic rings. The number of hydrogen-bond donors (Lipinski definition) is 2. The maximum atomic E-state index is 12.4. The van der Waals surface area contributed by atoms with Crippen molar-refractivity contribution < 1.29 is 9.53 Å². The van der Waals surface area contributed by atoms with E-state index in [1.807, 2.05) is 25.1 Å². The molecule has 3 rings (SSSR count). The summed E-state index contributed by atoms with van der Waals surface area (Å²) in [5.41, 5.74) is 8.51. The zero-order chi connectivity index (χ0) is 16.6. The van der Waals surface area contributed by atoms with Crippen LogP contribution in [-0.4, -0.2) is 22.5 Å². The normalized spacial score (nSPS) is 16.7. The van der Waals surface area contributed by atoms with Gasteiger partial charge in [-0.2, -0.15) is 0 Å². The summed E-state index contributed by atoms with van der Waals surface area (Å²) in [6.45, 7) is 4.31. The summed E-state index contributed by atoms with van der Waals surface area (Å²) in [5, 5.41) is 3.01. The number of benzene rings is 1. The number of nitrogens with one attached hydrogen (secondary N) is 1. The number of anilines is 1. The van der Waals surface area contributed by atoms with Crippen molar-refractivity contribution >= 4 is 27.8 Å². The summed E-state index contributed by atoms with van der Waals surface area (Å²) in [6.07, 6.45) is 0.571. The maximum Gasteiger partial charge on any atom is 0.255 e. The van der Waals surface area contributed by atoms with Crippen LogP contribution >= 0.6 is 15.9 Å². The molecule has 0 fully saturated rings. The number of nitrogens with zero attached hydrogens (tertiary/aromatic N) is 2. The summed E-state index contributed by atoms with van der Waals surface area (Å²) in [5.74, 6) is 0.808. The van der Waals surface area contributed by atoms with Crippen LogP contribution in [-0.2, 0) is 6.42 Å². The fourth-order valence-electron chi connectivity index (χ4n) is 2.81. The van der Waals surface area contributed by atoms with Crippen LogP contribution in [0, 0.1) is 6.92 Å².